The fourth-order valence-corrected chi connectivity index (χ4v) is 1.89. The standard InChI is InChI=1S/C14H12ClNO3/c15-9-12-8-13(6-7-14(12)16(17)18)19-10-11-4-2-1-3-5-11/h1-8H,9-10H2. The summed E-state index contributed by atoms with van der Waals surface area (Å²) in [6, 6.07) is 14.3. The fraction of sp³-hybridized carbons (Fsp3) is 0.143. The number of hydrogen-bond donors (Lipinski definition) is 0. The van der Waals surface area contributed by atoms with Gasteiger partial charge in [0.25, 0.3) is 5.69 Å². The maximum atomic E-state index is 10.8. The van der Waals surface area contributed by atoms with Crippen molar-refractivity contribution in [2.24, 2.45) is 0 Å². The minimum Gasteiger partial charge on any atom is -0.489 e. The van der Waals surface area contributed by atoms with Gasteiger partial charge in [0.05, 0.1) is 10.8 Å². The Labute approximate surface area is 115 Å². The van der Waals surface area contributed by atoms with Crippen LogP contribution in [-0.4, -0.2) is 4.92 Å². The normalized spacial score (nSPS) is 10.2. The molecular weight excluding hydrogens is 266 g/mol. The van der Waals surface area contributed by atoms with Crippen LogP contribution in [0.25, 0.3) is 0 Å². The molecule has 0 amide bonds. The molecule has 0 radical (unpaired) electrons. The third kappa shape index (κ3) is 3.45. The lowest BCUT2D eigenvalue weighted by Gasteiger charge is -2.07. The third-order valence-corrected chi connectivity index (χ3v) is 2.93. The number of ether oxygens (including phenoxy) is 1. The molecule has 0 atom stereocenters. The van der Waals surface area contributed by atoms with Crippen molar-refractivity contribution in [2.45, 2.75) is 12.5 Å². The molecule has 5 heteroatoms. The molecule has 0 N–H and O–H groups in total. The van der Waals surface area contributed by atoms with Crippen molar-refractivity contribution in [1.82, 2.24) is 0 Å². The summed E-state index contributed by atoms with van der Waals surface area (Å²) in [4.78, 5) is 10.3. The van der Waals surface area contributed by atoms with E-state index in [-0.39, 0.29) is 11.6 Å². The molecule has 2 rings (SSSR count). The van der Waals surface area contributed by atoms with E-state index in [2.05, 4.69) is 0 Å². The van der Waals surface area contributed by atoms with E-state index in [1.54, 1.807) is 12.1 Å². The molecule has 2 aromatic rings. The van der Waals surface area contributed by atoms with Gasteiger partial charge in [0.15, 0.2) is 0 Å². The molecule has 0 aromatic heterocycles. The predicted molar refractivity (Wildman–Crippen MR) is 73.4 cm³/mol. The van der Waals surface area contributed by atoms with Gasteiger partial charge in [-0.1, -0.05) is 30.3 Å². The van der Waals surface area contributed by atoms with Crippen molar-refractivity contribution in [3.63, 3.8) is 0 Å². The van der Waals surface area contributed by atoms with Gasteiger partial charge in [-0.15, -0.1) is 11.6 Å². The van der Waals surface area contributed by atoms with Crippen LogP contribution in [0.2, 0.25) is 0 Å². The smallest absolute Gasteiger partial charge is 0.274 e. The summed E-state index contributed by atoms with van der Waals surface area (Å²) in [5.74, 6) is 0.656. The average molecular weight is 278 g/mol. The van der Waals surface area contributed by atoms with Gasteiger partial charge < -0.3 is 4.74 Å². The van der Waals surface area contributed by atoms with E-state index in [0.717, 1.165) is 5.56 Å². The summed E-state index contributed by atoms with van der Waals surface area (Å²) in [6.07, 6.45) is 0. The highest BCUT2D eigenvalue weighted by Gasteiger charge is 2.13. The number of alkyl halides is 1. The van der Waals surface area contributed by atoms with E-state index in [1.807, 2.05) is 30.3 Å². The second-order valence-electron chi connectivity index (χ2n) is 3.96. The number of benzene rings is 2. The van der Waals surface area contributed by atoms with Crippen LogP contribution in [-0.2, 0) is 12.5 Å². The Kier molecular flexibility index (Phi) is 4.36. The highest BCUT2D eigenvalue weighted by Crippen LogP contribution is 2.25. The number of hydrogen-bond acceptors (Lipinski definition) is 3. The highest BCUT2D eigenvalue weighted by atomic mass is 35.5. The van der Waals surface area contributed by atoms with Gasteiger partial charge in [-0.2, -0.15) is 0 Å². The second kappa shape index (κ2) is 6.20. The summed E-state index contributed by atoms with van der Waals surface area (Å²) in [7, 11) is 0. The number of halogens is 1. The van der Waals surface area contributed by atoms with Crippen molar-refractivity contribution in [2.75, 3.05) is 0 Å². The van der Waals surface area contributed by atoms with Crippen LogP contribution in [0, 0.1) is 10.1 Å². The van der Waals surface area contributed by atoms with E-state index in [9.17, 15) is 10.1 Å². The molecular formula is C14H12ClNO3. The van der Waals surface area contributed by atoms with Crippen molar-refractivity contribution >= 4 is 17.3 Å². The first-order valence-corrected chi connectivity index (χ1v) is 6.24. The maximum Gasteiger partial charge on any atom is 0.274 e. The van der Waals surface area contributed by atoms with Crippen LogP contribution in [0.4, 0.5) is 5.69 Å². The Morgan fingerprint density at radius 1 is 1.16 bits per heavy atom. The van der Waals surface area contributed by atoms with Crippen LogP contribution < -0.4 is 4.74 Å². The van der Waals surface area contributed by atoms with Crippen molar-refractivity contribution in [3.05, 3.63) is 69.8 Å². The monoisotopic (exact) mass is 277 g/mol. The molecule has 0 aliphatic carbocycles. The first-order valence-electron chi connectivity index (χ1n) is 5.70. The lowest BCUT2D eigenvalue weighted by atomic mass is 10.2. The van der Waals surface area contributed by atoms with Crippen LogP contribution in [0.3, 0.4) is 0 Å². The lowest BCUT2D eigenvalue weighted by molar-refractivity contribution is -0.385. The van der Waals surface area contributed by atoms with Crippen LogP contribution in [0.15, 0.2) is 48.5 Å². The highest BCUT2D eigenvalue weighted by molar-refractivity contribution is 6.17. The average Bonchev–Trinajstić information content (AvgIpc) is 2.45. The van der Waals surface area contributed by atoms with E-state index in [1.165, 1.54) is 6.07 Å². The van der Waals surface area contributed by atoms with Crippen molar-refractivity contribution in [1.29, 1.82) is 0 Å². The molecule has 2 aromatic carbocycles. The maximum absolute atomic E-state index is 10.8. The summed E-state index contributed by atoms with van der Waals surface area (Å²) in [6.45, 7) is 0.417. The third-order valence-electron chi connectivity index (χ3n) is 2.64. The molecule has 0 heterocycles. The van der Waals surface area contributed by atoms with Gasteiger partial charge in [-0.3, -0.25) is 10.1 Å². The Balaban J connectivity index is 2.11. The van der Waals surface area contributed by atoms with E-state index >= 15 is 0 Å². The Bertz CT molecular complexity index is 572. The molecule has 0 unspecified atom stereocenters. The van der Waals surface area contributed by atoms with Crippen molar-refractivity contribution < 1.29 is 9.66 Å². The van der Waals surface area contributed by atoms with Gasteiger partial charge >= 0.3 is 0 Å². The molecule has 0 aliphatic rings. The number of nitro benzene ring substituents is 1. The quantitative estimate of drug-likeness (QED) is 0.473. The van der Waals surface area contributed by atoms with Crippen molar-refractivity contribution in [3.8, 4) is 5.75 Å². The Hall–Kier alpha value is -2.07. The van der Waals surface area contributed by atoms with Gasteiger partial charge in [0.2, 0.25) is 0 Å². The van der Waals surface area contributed by atoms with E-state index in [0.29, 0.717) is 17.9 Å². The SMILES string of the molecule is O=[N+]([O-])c1ccc(OCc2ccccc2)cc1CCl. The number of nitrogens with zero attached hydrogens (tertiary/aromatic N) is 1. The molecule has 19 heavy (non-hydrogen) atoms. The van der Waals surface area contributed by atoms with Gasteiger partial charge in [-0.25, -0.2) is 0 Å². The number of nitro groups is 1. The van der Waals surface area contributed by atoms with Crippen LogP contribution in [0.1, 0.15) is 11.1 Å². The molecule has 0 saturated heterocycles. The molecule has 0 bridgehead atoms. The zero-order chi connectivity index (χ0) is 13.7. The Morgan fingerprint density at radius 2 is 1.89 bits per heavy atom. The summed E-state index contributed by atoms with van der Waals surface area (Å²) < 4.78 is 5.59. The van der Waals surface area contributed by atoms with E-state index in [4.69, 9.17) is 16.3 Å². The topological polar surface area (TPSA) is 52.4 Å². The molecule has 0 saturated carbocycles. The van der Waals surface area contributed by atoms with Gasteiger partial charge in [0.1, 0.15) is 12.4 Å². The van der Waals surface area contributed by atoms with Crippen LogP contribution in [0.5, 0.6) is 5.75 Å². The number of rotatable bonds is 5. The summed E-state index contributed by atoms with van der Waals surface area (Å²) in [5, 5.41) is 10.8. The van der Waals surface area contributed by atoms with Gasteiger partial charge in [-0.05, 0) is 17.7 Å². The zero-order valence-electron chi connectivity index (χ0n) is 10.1. The van der Waals surface area contributed by atoms with Crippen LogP contribution >= 0.6 is 11.6 Å². The molecule has 0 spiro atoms. The minimum absolute atomic E-state index is 0.0158. The molecule has 98 valence electrons. The first-order chi connectivity index (χ1) is 9.20. The first kappa shape index (κ1) is 13.4. The molecule has 0 fully saturated rings. The molecule has 4 nitrogen and oxygen atoms in total. The summed E-state index contributed by atoms with van der Waals surface area (Å²) >= 11 is 5.71. The largest absolute Gasteiger partial charge is 0.489 e. The lowest BCUT2D eigenvalue weighted by Crippen LogP contribution is -1.98. The minimum atomic E-state index is -0.446. The Morgan fingerprint density at radius 3 is 2.53 bits per heavy atom. The second-order valence-corrected chi connectivity index (χ2v) is 4.22. The predicted octanol–water partition coefficient (Wildman–Crippen LogP) is 3.91. The zero-order valence-corrected chi connectivity index (χ0v) is 10.8. The van der Waals surface area contributed by atoms with Gasteiger partial charge in [0, 0.05) is 11.6 Å². The van der Waals surface area contributed by atoms with E-state index < -0.39 is 4.92 Å². The molecule has 0 aliphatic heterocycles. The summed E-state index contributed by atoms with van der Waals surface area (Å²) in [5.41, 5.74) is 1.51. The fourth-order valence-electron chi connectivity index (χ4n) is 1.68.